The summed E-state index contributed by atoms with van der Waals surface area (Å²) >= 11 is 1.60. The Kier molecular flexibility index (Phi) is 10.3. The summed E-state index contributed by atoms with van der Waals surface area (Å²) in [5.74, 6) is 1.60. The minimum absolute atomic E-state index is 0. The molecule has 0 radical (unpaired) electrons. The molecule has 1 aromatic rings. The van der Waals surface area contributed by atoms with Crippen molar-refractivity contribution in [2.75, 3.05) is 39.8 Å². The summed E-state index contributed by atoms with van der Waals surface area (Å²) in [6, 6.07) is 1.96. The molecule has 0 saturated carbocycles. The van der Waals surface area contributed by atoms with Crippen LogP contribution in [0.15, 0.2) is 21.8 Å². The Hall–Kier alpha value is -0.380. The highest BCUT2D eigenvalue weighted by Gasteiger charge is 2.23. The second-order valence-corrected chi connectivity index (χ2v) is 7.72. The first-order chi connectivity index (χ1) is 11.5. The number of aliphatic hydroxyl groups is 1. The molecule has 0 spiro atoms. The molecular formula is C18H33IN4OS. The highest BCUT2D eigenvalue weighted by Crippen LogP contribution is 2.23. The predicted molar refractivity (Wildman–Crippen MR) is 118 cm³/mol. The molecule has 0 aromatic carbocycles. The van der Waals surface area contributed by atoms with Gasteiger partial charge in [0, 0.05) is 13.1 Å². The number of hydrogen-bond donors (Lipinski definition) is 3. The van der Waals surface area contributed by atoms with E-state index in [-0.39, 0.29) is 24.0 Å². The maximum absolute atomic E-state index is 10.6. The van der Waals surface area contributed by atoms with Crippen LogP contribution in [0.1, 0.15) is 38.7 Å². The molecule has 0 bridgehead atoms. The molecule has 1 atom stereocenters. The minimum atomic E-state index is -0.920. The molecule has 25 heavy (non-hydrogen) atoms. The second-order valence-electron chi connectivity index (χ2n) is 6.94. The minimum Gasteiger partial charge on any atom is -0.383 e. The number of halogens is 1. The van der Waals surface area contributed by atoms with Crippen LogP contribution in [0.5, 0.6) is 0 Å². The van der Waals surface area contributed by atoms with Crippen molar-refractivity contribution < 1.29 is 5.11 Å². The number of hydrogen-bond acceptors (Lipinski definition) is 4. The molecule has 1 unspecified atom stereocenters. The third-order valence-corrected chi connectivity index (χ3v) is 5.40. The van der Waals surface area contributed by atoms with Gasteiger partial charge in [0.1, 0.15) is 5.60 Å². The maximum atomic E-state index is 10.6. The molecule has 7 heteroatoms. The lowest BCUT2D eigenvalue weighted by Gasteiger charge is -2.29. The van der Waals surface area contributed by atoms with Crippen LogP contribution in [0.2, 0.25) is 0 Å². The van der Waals surface area contributed by atoms with Crippen LogP contribution in [0.4, 0.5) is 0 Å². The van der Waals surface area contributed by atoms with Crippen LogP contribution in [-0.4, -0.2) is 55.7 Å². The summed E-state index contributed by atoms with van der Waals surface area (Å²) in [7, 11) is 2.20. The van der Waals surface area contributed by atoms with Gasteiger partial charge in [0.05, 0.1) is 6.54 Å². The van der Waals surface area contributed by atoms with Gasteiger partial charge < -0.3 is 20.6 Å². The normalized spacial score (nSPS) is 19.1. The average Bonchev–Trinajstić information content (AvgIpc) is 3.10. The van der Waals surface area contributed by atoms with Gasteiger partial charge in [-0.2, -0.15) is 11.3 Å². The Morgan fingerprint density at radius 2 is 2.12 bits per heavy atom. The van der Waals surface area contributed by atoms with Gasteiger partial charge in [-0.3, -0.25) is 0 Å². The standard InChI is InChI=1S/C18H32N4OS.HI/c1-4-19-17(20-9-5-15-6-10-22(3)11-7-15)21-14-18(2,23)16-8-12-24-13-16;/h8,12-13,15,23H,4-7,9-11,14H2,1-3H3,(H2,19,20,21);1H. The van der Waals surface area contributed by atoms with E-state index in [0.29, 0.717) is 6.54 Å². The fourth-order valence-electron chi connectivity index (χ4n) is 2.98. The first-order valence-corrected chi connectivity index (χ1v) is 9.91. The Bertz CT molecular complexity index is 499. The van der Waals surface area contributed by atoms with Crippen molar-refractivity contribution in [2.24, 2.45) is 10.9 Å². The fourth-order valence-corrected chi connectivity index (χ4v) is 3.77. The van der Waals surface area contributed by atoms with Crippen LogP contribution < -0.4 is 10.6 Å². The molecule has 2 heterocycles. The molecule has 3 N–H and O–H groups in total. The van der Waals surface area contributed by atoms with Gasteiger partial charge in [0.2, 0.25) is 0 Å². The van der Waals surface area contributed by atoms with Gasteiger partial charge in [-0.05, 0) is 81.6 Å². The lowest BCUT2D eigenvalue weighted by atomic mass is 9.94. The van der Waals surface area contributed by atoms with Crippen molar-refractivity contribution in [3.05, 3.63) is 22.4 Å². The molecule has 1 aromatic heterocycles. The van der Waals surface area contributed by atoms with E-state index in [1.807, 2.05) is 23.8 Å². The molecule has 2 rings (SSSR count). The number of guanidine groups is 1. The van der Waals surface area contributed by atoms with E-state index >= 15 is 0 Å². The lowest BCUT2D eigenvalue weighted by molar-refractivity contribution is 0.0677. The SMILES string of the molecule is CCNC(=NCC(C)(O)c1ccsc1)NCCC1CCN(C)CC1.I. The van der Waals surface area contributed by atoms with Crippen LogP contribution >= 0.6 is 35.3 Å². The van der Waals surface area contributed by atoms with Crippen molar-refractivity contribution >= 4 is 41.3 Å². The van der Waals surface area contributed by atoms with E-state index in [2.05, 4.69) is 34.5 Å². The van der Waals surface area contributed by atoms with Crippen molar-refractivity contribution in [3.63, 3.8) is 0 Å². The number of nitrogens with zero attached hydrogens (tertiary/aromatic N) is 2. The molecule has 1 fully saturated rings. The molecule has 0 amide bonds. The van der Waals surface area contributed by atoms with E-state index in [9.17, 15) is 5.11 Å². The highest BCUT2D eigenvalue weighted by molar-refractivity contribution is 14.0. The Labute approximate surface area is 173 Å². The Balaban J connectivity index is 0.00000312. The van der Waals surface area contributed by atoms with Gasteiger partial charge in [-0.15, -0.1) is 24.0 Å². The Morgan fingerprint density at radius 3 is 2.72 bits per heavy atom. The van der Waals surface area contributed by atoms with Gasteiger partial charge in [-0.1, -0.05) is 0 Å². The smallest absolute Gasteiger partial charge is 0.191 e. The molecule has 144 valence electrons. The van der Waals surface area contributed by atoms with Crippen LogP contribution in [0.25, 0.3) is 0 Å². The summed E-state index contributed by atoms with van der Waals surface area (Å²) in [6.45, 7) is 8.41. The largest absolute Gasteiger partial charge is 0.383 e. The number of likely N-dealkylation sites (tertiary alicyclic amines) is 1. The third kappa shape index (κ3) is 7.80. The van der Waals surface area contributed by atoms with Crippen molar-refractivity contribution in [2.45, 2.75) is 38.7 Å². The van der Waals surface area contributed by atoms with E-state index in [4.69, 9.17) is 0 Å². The van der Waals surface area contributed by atoms with E-state index < -0.39 is 5.60 Å². The van der Waals surface area contributed by atoms with Crippen LogP contribution in [0.3, 0.4) is 0 Å². The second kappa shape index (κ2) is 11.4. The third-order valence-electron chi connectivity index (χ3n) is 4.72. The molecule has 0 aliphatic carbocycles. The molecule has 1 aliphatic heterocycles. The summed E-state index contributed by atoms with van der Waals surface area (Å²) in [4.78, 5) is 6.98. The number of rotatable bonds is 7. The lowest BCUT2D eigenvalue weighted by Crippen LogP contribution is -2.40. The van der Waals surface area contributed by atoms with Gasteiger partial charge in [0.25, 0.3) is 0 Å². The maximum Gasteiger partial charge on any atom is 0.191 e. The summed E-state index contributed by atoms with van der Waals surface area (Å²) in [5, 5.41) is 21.2. The van der Waals surface area contributed by atoms with E-state index in [1.165, 1.54) is 32.4 Å². The first kappa shape index (κ1) is 22.7. The van der Waals surface area contributed by atoms with Crippen molar-refractivity contribution in [1.29, 1.82) is 0 Å². The fraction of sp³-hybridized carbons (Fsp3) is 0.722. The van der Waals surface area contributed by atoms with Gasteiger partial charge in [-0.25, -0.2) is 4.99 Å². The van der Waals surface area contributed by atoms with Crippen molar-refractivity contribution in [3.8, 4) is 0 Å². The molecular weight excluding hydrogens is 447 g/mol. The highest BCUT2D eigenvalue weighted by atomic mass is 127. The van der Waals surface area contributed by atoms with Gasteiger partial charge >= 0.3 is 0 Å². The number of piperidine rings is 1. The van der Waals surface area contributed by atoms with Crippen LogP contribution in [0, 0.1) is 5.92 Å². The van der Waals surface area contributed by atoms with E-state index in [1.54, 1.807) is 11.3 Å². The Morgan fingerprint density at radius 1 is 1.40 bits per heavy atom. The molecule has 1 aliphatic rings. The number of thiophene rings is 1. The first-order valence-electron chi connectivity index (χ1n) is 8.97. The summed E-state index contributed by atoms with van der Waals surface area (Å²) < 4.78 is 0. The number of aliphatic imine (C=N–C) groups is 1. The quantitative estimate of drug-likeness (QED) is 0.319. The summed E-state index contributed by atoms with van der Waals surface area (Å²) in [6.07, 6.45) is 3.76. The molecule has 5 nitrogen and oxygen atoms in total. The zero-order chi connectivity index (χ0) is 17.4. The predicted octanol–water partition coefficient (Wildman–Crippen LogP) is 2.86. The molecule has 1 saturated heterocycles. The van der Waals surface area contributed by atoms with E-state index in [0.717, 1.165) is 30.5 Å². The monoisotopic (exact) mass is 480 g/mol. The summed E-state index contributed by atoms with van der Waals surface area (Å²) in [5.41, 5.74) is 0.00876. The zero-order valence-electron chi connectivity index (χ0n) is 15.6. The average molecular weight is 480 g/mol. The zero-order valence-corrected chi connectivity index (χ0v) is 18.8. The van der Waals surface area contributed by atoms with Gasteiger partial charge in [0.15, 0.2) is 5.96 Å². The van der Waals surface area contributed by atoms with Crippen molar-refractivity contribution in [1.82, 2.24) is 15.5 Å². The topological polar surface area (TPSA) is 59.9 Å². The van der Waals surface area contributed by atoms with Crippen LogP contribution in [-0.2, 0) is 5.60 Å². The number of nitrogens with one attached hydrogen (secondary N) is 2.